The average molecular weight is 446 g/mol. The number of hydrogen-bond donors (Lipinski definition) is 4. The molecule has 0 bridgehead atoms. The highest BCUT2D eigenvalue weighted by atomic mass is 32.2. The first-order valence-electron chi connectivity index (χ1n) is 9.55. The molecule has 1 unspecified atom stereocenters. The van der Waals surface area contributed by atoms with Crippen LogP contribution < -0.4 is 21.9 Å². The molecule has 10 heteroatoms. The Hall–Kier alpha value is -4.10. The van der Waals surface area contributed by atoms with Crippen LogP contribution >= 0.6 is 11.8 Å². The van der Waals surface area contributed by atoms with E-state index in [9.17, 15) is 19.2 Å². The van der Waals surface area contributed by atoms with E-state index in [2.05, 4.69) is 20.6 Å². The number of anilines is 2. The number of carbonyl (C=O) groups is 1. The van der Waals surface area contributed by atoms with Crippen LogP contribution in [0, 0.1) is 17.1 Å². The maximum Gasteiger partial charge on any atom is 0.258 e. The molecule has 1 spiro atoms. The van der Waals surface area contributed by atoms with E-state index in [-0.39, 0.29) is 33.7 Å². The average Bonchev–Trinajstić information content (AvgIpc) is 3.04. The van der Waals surface area contributed by atoms with E-state index in [4.69, 9.17) is 5.73 Å². The number of aromatic amines is 1. The highest BCUT2D eigenvalue weighted by Gasteiger charge is 2.57. The van der Waals surface area contributed by atoms with Gasteiger partial charge in [0.2, 0.25) is 5.91 Å². The van der Waals surface area contributed by atoms with Gasteiger partial charge in [-0.1, -0.05) is 42.1 Å². The van der Waals surface area contributed by atoms with Crippen molar-refractivity contribution in [2.45, 2.75) is 16.3 Å². The summed E-state index contributed by atoms with van der Waals surface area (Å²) in [5.74, 6) is -0.493. The molecule has 3 aromatic rings. The molecule has 0 fully saturated rings. The van der Waals surface area contributed by atoms with Crippen LogP contribution in [-0.2, 0) is 16.0 Å². The van der Waals surface area contributed by atoms with Crippen molar-refractivity contribution in [2.75, 3.05) is 10.6 Å². The lowest BCUT2D eigenvalue weighted by atomic mass is 9.69. The van der Waals surface area contributed by atoms with Gasteiger partial charge in [0.05, 0.1) is 11.1 Å². The van der Waals surface area contributed by atoms with Gasteiger partial charge in [0.1, 0.15) is 28.9 Å². The minimum absolute atomic E-state index is 0.000746. The summed E-state index contributed by atoms with van der Waals surface area (Å²) in [6.45, 7) is 0. The molecule has 5 rings (SSSR count). The zero-order chi connectivity index (χ0) is 22.5. The van der Waals surface area contributed by atoms with Crippen LogP contribution in [0.15, 0.2) is 69.9 Å². The number of hydrogen-bond acceptors (Lipinski definition) is 7. The lowest BCUT2D eigenvalue weighted by Gasteiger charge is -2.33. The smallest absolute Gasteiger partial charge is 0.258 e. The number of nitrogens with one attached hydrogen (secondary N) is 3. The fraction of sp³-hybridized carbons (Fsp3) is 0.0909. The Bertz CT molecular complexity index is 1430. The number of halogens is 1. The van der Waals surface area contributed by atoms with E-state index in [1.807, 2.05) is 6.07 Å². The molecule has 0 saturated carbocycles. The van der Waals surface area contributed by atoms with Gasteiger partial charge in [-0.15, -0.1) is 0 Å². The van der Waals surface area contributed by atoms with E-state index < -0.39 is 16.9 Å². The van der Waals surface area contributed by atoms with Crippen molar-refractivity contribution in [3.05, 3.63) is 92.8 Å². The predicted molar refractivity (Wildman–Crippen MR) is 117 cm³/mol. The van der Waals surface area contributed by atoms with Crippen molar-refractivity contribution < 1.29 is 9.18 Å². The Morgan fingerprint density at radius 1 is 1.16 bits per heavy atom. The van der Waals surface area contributed by atoms with Gasteiger partial charge >= 0.3 is 0 Å². The van der Waals surface area contributed by atoms with Crippen molar-refractivity contribution in [3.8, 4) is 6.07 Å². The molecule has 32 heavy (non-hydrogen) atoms. The number of rotatable bonds is 3. The SMILES string of the molecule is N#CC1=C(N)Nc2nc(SCc3cccc(F)c3)[nH]c(=O)c2C12C(=O)Nc1ccccc12. The van der Waals surface area contributed by atoms with Crippen molar-refractivity contribution in [3.63, 3.8) is 0 Å². The summed E-state index contributed by atoms with van der Waals surface area (Å²) in [6, 6.07) is 15.0. The number of nitrogens with zero attached hydrogens (tertiary/aromatic N) is 2. The Labute approximate surface area is 185 Å². The molecule has 1 atom stereocenters. The highest BCUT2D eigenvalue weighted by molar-refractivity contribution is 7.98. The van der Waals surface area contributed by atoms with Crippen LogP contribution in [0.2, 0.25) is 0 Å². The van der Waals surface area contributed by atoms with Gasteiger partial charge in [0.15, 0.2) is 5.16 Å². The second kappa shape index (κ2) is 7.25. The number of fused-ring (bicyclic) bond motifs is 4. The van der Waals surface area contributed by atoms with Crippen LogP contribution in [0.4, 0.5) is 15.9 Å². The van der Waals surface area contributed by atoms with Gasteiger partial charge in [-0.25, -0.2) is 9.37 Å². The largest absolute Gasteiger partial charge is 0.384 e. The number of benzene rings is 2. The maximum atomic E-state index is 13.4. The molecular formula is C22H15FN6O2S. The number of carbonyl (C=O) groups excluding carboxylic acids is 1. The second-order valence-electron chi connectivity index (χ2n) is 7.29. The molecule has 2 aliphatic rings. The minimum Gasteiger partial charge on any atom is -0.384 e. The van der Waals surface area contributed by atoms with E-state index in [1.54, 1.807) is 36.4 Å². The highest BCUT2D eigenvalue weighted by Crippen LogP contribution is 2.50. The first-order chi connectivity index (χ1) is 15.4. The van der Waals surface area contributed by atoms with Crippen LogP contribution in [0.3, 0.4) is 0 Å². The molecule has 3 heterocycles. The number of aromatic nitrogens is 2. The molecule has 8 nitrogen and oxygen atoms in total. The third-order valence-electron chi connectivity index (χ3n) is 5.47. The number of para-hydroxylation sites is 1. The Balaban J connectivity index is 1.65. The van der Waals surface area contributed by atoms with Crippen molar-refractivity contribution >= 4 is 29.2 Å². The summed E-state index contributed by atoms with van der Waals surface area (Å²) in [5, 5.41) is 15.7. The predicted octanol–water partition coefficient (Wildman–Crippen LogP) is 2.56. The topological polar surface area (TPSA) is 137 Å². The molecule has 0 radical (unpaired) electrons. The summed E-state index contributed by atoms with van der Waals surface area (Å²) in [4.78, 5) is 33.7. The Kier molecular flexibility index (Phi) is 4.49. The van der Waals surface area contributed by atoms with Crippen LogP contribution in [0.1, 0.15) is 16.7 Å². The zero-order valence-electron chi connectivity index (χ0n) is 16.4. The second-order valence-corrected chi connectivity index (χ2v) is 8.25. The molecule has 2 aliphatic heterocycles. The number of thioether (sulfide) groups is 1. The normalized spacial score (nSPS) is 18.6. The molecule has 5 N–H and O–H groups in total. The minimum atomic E-state index is -1.71. The Morgan fingerprint density at radius 2 is 1.97 bits per heavy atom. The first kappa shape index (κ1) is 19.8. The van der Waals surface area contributed by atoms with Crippen LogP contribution in [0.5, 0.6) is 0 Å². The first-order valence-corrected chi connectivity index (χ1v) is 10.5. The number of H-pyrrole nitrogens is 1. The van der Waals surface area contributed by atoms with Gasteiger partial charge in [-0.2, -0.15) is 5.26 Å². The van der Waals surface area contributed by atoms with E-state index in [0.717, 1.165) is 5.56 Å². The standard InChI is InChI=1S/C22H15FN6O2S/c23-12-5-3-4-11(8-12)10-32-21-28-18-16(19(30)29-21)22(14(9-24)17(25)27-18)13-6-1-2-7-15(13)26-20(22)31/h1-8H,10,25H2,(H,26,31)(H2,27,28,29,30). The summed E-state index contributed by atoms with van der Waals surface area (Å²) in [6.07, 6.45) is 0. The summed E-state index contributed by atoms with van der Waals surface area (Å²) >= 11 is 1.20. The molecule has 0 aliphatic carbocycles. The van der Waals surface area contributed by atoms with Crippen molar-refractivity contribution in [2.24, 2.45) is 5.73 Å². The zero-order valence-corrected chi connectivity index (χ0v) is 17.2. The summed E-state index contributed by atoms with van der Waals surface area (Å²) in [7, 11) is 0. The molecular weight excluding hydrogens is 431 g/mol. The van der Waals surface area contributed by atoms with Gasteiger partial charge in [0, 0.05) is 17.0 Å². The number of nitrogens with two attached hydrogens (primary N) is 1. The van der Waals surface area contributed by atoms with E-state index in [1.165, 1.54) is 23.9 Å². The fourth-order valence-corrected chi connectivity index (χ4v) is 4.96. The Morgan fingerprint density at radius 3 is 2.75 bits per heavy atom. The van der Waals surface area contributed by atoms with Gasteiger partial charge in [-0.05, 0) is 23.8 Å². The molecule has 158 valence electrons. The van der Waals surface area contributed by atoms with E-state index >= 15 is 0 Å². The van der Waals surface area contributed by atoms with Crippen molar-refractivity contribution in [1.82, 2.24) is 9.97 Å². The maximum absolute atomic E-state index is 13.4. The quantitative estimate of drug-likeness (QED) is 0.358. The molecule has 1 aromatic heterocycles. The number of nitriles is 1. The monoisotopic (exact) mass is 446 g/mol. The van der Waals surface area contributed by atoms with Gasteiger partial charge < -0.3 is 21.4 Å². The summed E-state index contributed by atoms with van der Waals surface area (Å²) in [5.41, 5.74) is 5.45. The van der Waals surface area contributed by atoms with Gasteiger partial charge in [-0.3, -0.25) is 9.59 Å². The fourth-order valence-electron chi connectivity index (χ4n) is 4.15. The van der Waals surface area contributed by atoms with Crippen LogP contribution in [0.25, 0.3) is 0 Å². The molecule has 1 amide bonds. The van der Waals surface area contributed by atoms with Crippen LogP contribution in [-0.4, -0.2) is 15.9 Å². The summed E-state index contributed by atoms with van der Waals surface area (Å²) < 4.78 is 13.4. The third-order valence-corrected chi connectivity index (χ3v) is 6.41. The van der Waals surface area contributed by atoms with E-state index in [0.29, 0.717) is 17.0 Å². The third kappa shape index (κ3) is 2.79. The molecule has 2 aromatic carbocycles. The van der Waals surface area contributed by atoms with Gasteiger partial charge in [0.25, 0.3) is 5.56 Å². The lowest BCUT2D eigenvalue weighted by Crippen LogP contribution is -2.47. The van der Waals surface area contributed by atoms with Crippen molar-refractivity contribution in [1.29, 1.82) is 5.26 Å². The lowest BCUT2D eigenvalue weighted by molar-refractivity contribution is -0.118. The number of amides is 1. The molecule has 0 saturated heterocycles.